The van der Waals surface area contributed by atoms with Crippen LogP contribution < -0.4 is 5.32 Å². The van der Waals surface area contributed by atoms with E-state index in [0.29, 0.717) is 6.04 Å². The molecule has 0 amide bonds. The lowest BCUT2D eigenvalue weighted by molar-refractivity contribution is 0.864. The molecule has 0 saturated carbocycles. The van der Waals surface area contributed by atoms with Gasteiger partial charge in [-0.3, -0.25) is 4.57 Å². The topological polar surface area (TPSA) is 29.9 Å². The van der Waals surface area contributed by atoms with Crippen molar-refractivity contribution < 1.29 is 0 Å². The van der Waals surface area contributed by atoms with Crippen LogP contribution in [0.4, 0.5) is 5.95 Å². The van der Waals surface area contributed by atoms with E-state index in [1.807, 2.05) is 42.0 Å². The molecule has 0 aliphatic heterocycles. The first-order chi connectivity index (χ1) is 8.08. The summed E-state index contributed by atoms with van der Waals surface area (Å²) in [5.74, 6) is 0.825. The van der Waals surface area contributed by atoms with Gasteiger partial charge < -0.3 is 5.32 Å². The normalized spacial score (nSPS) is 10.9. The summed E-state index contributed by atoms with van der Waals surface area (Å²) in [6.07, 6.45) is 1.98. The summed E-state index contributed by atoms with van der Waals surface area (Å²) in [7, 11) is 0. The summed E-state index contributed by atoms with van der Waals surface area (Å²) in [5, 5.41) is 4.03. The van der Waals surface area contributed by atoms with Crippen molar-refractivity contribution >= 4 is 17.5 Å². The third kappa shape index (κ3) is 2.61. The van der Waals surface area contributed by atoms with Crippen molar-refractivity contribution in [1.29, 1.82) is 0 Å². The maximum atomic E-state index is 6.20. The van der Waals surface area contributed by atoms with Crippen LogP contribution in [0.5, 0.6) is 0 Å². The number of anilines is 1. The fourth-order valence-electron chi connectivity index (χ4n) is 1.69. The molecule has 0 bridgehead atoms. The van der Waals surface area contributed by atoms with Crippen LogP contribution in [0.15, 0.2) is 30.5 Å². The molecule has 0 atom stereocenters. The average molecular weight is 250 g/mol. The zero-order valence-corrected chi connectivity index (χ0v) is 11.0. The van der Waals surface area contributed by atoms with Crippen LogP contribution in [-0.2, 0) is 0 Å². The first-order valence-corrected chi connectivity index (χ1v) is 6.03. The van der Waals surface area contributed by atoms with Crippen LogP contribution in [0, 0.1) is 6.92 Å². The lowest BCUT2D eigenvalue weighted by atomic mass is 10.3. The largest absolute Gasteiger partial charge is 0.353 e. The molecule has 0 unspecified atom stereocenters. The van der Waals surface area contributed by atoms with Gasteiger partial charge >= 0.3 is 0 Å². The quantitative estimate of drug-likeness (QED) is 0.900. The summed E-state index contributed by atoms with van der Waals surface area (Å²) in [5.41, 5.74) is 1.91. The number of aromatic nitrogens is 2. The number of para-hydroxylation sites is 1. The molecule has 2 aromatic rings. The van der Waals surface area contributed by atoms with E-state index in [2.05, 4.69) is 24.1 Å². The van der Waals surface area contributed by atoms with Gasteiger partial charge in [0.25, 0.3) is 0 Å². The van der Waals surface area contributed by atoms with Gasteiger partial charge in [-0.25, -0.2) is 4.98 Å². The Morgan fingerprint density at radius 1 is 1.29 bits per heavy atom. The molecule has 3 nitrogen and oxygen atoms in total. The number of halogens is 1. The highest BCUT2D eigenvalue weighted by Gasteiger charge is 2.10. The number of nitrogens with zero attached hydrogens (tertiary/aromatic N) is 2. The summed E-state index contributed by atoms with van der Waals surface area (Å²) in [4.78, 5) is 4.46. The number of aryl methyl sites for hydroxylation is 1. The minimum Gasteiger partial charge on any atom is -0.353 e. The van der Waals surface area contributed by atoms with E-state index in [1.165, 1.54) is 0 Å². The van der Waals surface area contributed by atoms with Crippen LogP contribution in [0.2, 0.25) is 5.02 Å². The monoisotopic (exact) mass is 249 g/mol. The van der Waals surface area contributed by atoms with E-state index in [4.69, 9.17) is 11.6 Å². The number of imidazole rings is 1. The van der Waals surface area contributed by atoms with Crippen molar-refractivity contribution in [3.8, 4) is 5.69 Å². The lowest BCUT2D eigenvalue weighted by Gasteiger charge is -2.13. The van der Waals surface area contributed by atoms with E-state index in [0.717, 1.165) is 22.4 Å². The van der Waals surface area contributed by atoms with Crippen LogP contribution >= 0.6 is 11.6 Å². The van der Waals surface area contributed by atoms with Crippen molar-refractivity contribution in [2.75, 3.05) is 5.32 Å². The number of benzene rings is 1. The van der Waals surface area contributed by atoms with Gasteiger partial charge in [0.05, 0.1) is 16.4 Å². The smallest absolute Gasteiger partial charge is 0.207 e. The highest BCUT2D eigenvalue weighted by atomic mass is 35.5. The fraction of sp³-hybridized carbons (Fsp3) is 0.308. The average Bonchev–Trinajstić information content (AvgIpc) is 2.59. The van der Waals surface area contributed by atoms with Crippen molar-refractivity contribution in [2.24, 2.45) is 0 Å². The Kier molecular flexibility index (Phi) is 3.38. The van der Waals surface area contributed by atoms with Gasteiger partial charge in [-0.1, -0.05) is 23.7 Å². The second-order valence-electron chi connectivity index (χ2n) is 4.33. The molecule has 0 radical (unpaired) electrons. The fourth-order valence-corrected chi connectivity index (χ4v) is 1.92. The third-order valence-corrected chi connectivity index (χ3v) is 2.68. The van der Waals surface area contributed by atoms with Crippen molar-refractivity contribution in [1.82, 2.24) is 9.55 Å². The number of hydrogen-bond acceptors (Lipinski definition) is 2. The standard InChI is InChI=1S/C13H16ClN3/c1-9(2)15-13-16-10(3)8-17(13)12-7-5-4-6-11(12)14/h4-9H,1-3H3,(H,15,16). The number of hydrogen-bond donors (Lipinski definition) is 1. The van der Waals surface area contributed by atoms with Gasteiger partial charge in [-0.05, 0) is 32.9 Å². The molecule has 17 heavy (non-hydrogen) atoms. The molecule has 1 aromatic carbocycles. The number of rotatable bonds is 3. The molecular formula is C13H16ClN3. The van der Waals surface area contributed by atoms with Crippen molar-refractivity contribution in [2.45, 2.75) is 26.8 Å². The molecule has 1 N–H and O–H groups in total. The molecule has 0 fully saturated rings. The second kappa shape index (κ2) is 4.80. The Morgan fingerprint density at radius 2 is 2.00 bits per heavy atom. The molecule has 0 aliphatic carbocycles. The Labute approximate surface area is 106 Å². The van der Waals surface area contributed by atoms with Gasteiger partial charge in [-0.2, -0.15) is 0 Å². The molecule has 0 saturated heterocycles. The van der Waals surface area contributed by atoms with Crippen molar-refractivity contribution in [3.05, 3.63) is 41.2 Å². The Balaban J connectivity index is 2.48. The summed E-state index contributed by atoms with van der Waals surface area (Å²) >= 11 is 6.20. The minimum absolute atomic E-state index is 0.332. The van der Waals surface area contributed by atoms with Gasteiger partial charge in [0.2, 0.25) is 5.95 Å². The van der Waals surface area contributed by atoms with E-state index in [1.54, 1.807) is 0 Å². The first kappa shape index (κ1) is 12.0. The Bertz CT molecular complexity index is 517. The second-order valence-corrected chi connectivity index (χ2v) is 4.73. The Morgan fingerprint density at radius 3 is 2.65 bits per heavy atom. The van der Waals surface area contributed by atoms with Crippen LogP contribution in [-0.4, -0.2) is 15.6 Å². The van der Waals surface area contributed by atoms with Gasteiger partial charge in [0.15, 0.2) is 0 Å². The van der Waals surface area contributed by atoms with Crippen LogP contribution in [0.3, 0.4) is 0 Å². The van der Waals surface area contributed by atoms with Gasteiger partial charge in [0, 0.05) is 12.2 Å². The highest BCUT2D eigenvalue weighted by Crippen LogP contribution is 2.24. The predicted octanol–water partition coefficient (Wildman–Crippen LogP) is 3.65. The SMILES string of the molecule is Cc1cn(-c2ccccc2Cl)c(NC(C)C)n1. The molecule has 0 spiro atoms. The highest BCUT2D eigenvalue weighted by molar-refractivity contribution is 6.32. The molecular weight excluding hydrogens is 234 g/mol. The summed E-state index contributed by atoms with van der Waals surface area (Å²) in [6, 6.07) is 8.08. The van der Waals surface area contributed by atoms with Crippen LogP contribution in [0.1, 0.15) is 19.5 Å². The maximum absolute atomic E-state index is 6.20. The molecule has 2 rings (SSSR count). The first-order valence-electron chi connectivity index (χ1n) is 5.65. The van der Waals surface area contributed by atoms with Gasteiger partial charge in [-0.15, -0.1) is 0 Å². The molecule has 4 heteroatoms. The molecule has 1 heterocycles. The predicted molar refractivity (Wildman–Crippen MR) is 72.1 cm³/mol. The van der Waals surface area contributed by atoms with Crippen LogP contribution in [0.25, 0.3) is 5.69 Å². The summed E-state index contributed by atoms with van der Waals surface area (Å²) < 4.78 is 1.98. The van der Waals surface area contributed by atoms with E-state index in [-0.39, 0.29) is 0 Å². The zero-order valence-electron chi connectivity index (χ0n) is 10.2. The summed E-state index contributed by atoms with van der Waals surface area (Å²) in [6.45, 7) is 6.14. The minimum atomic E-state index is 0.332. The third-order valence-electron chi connectivity index (χ3n) is 2.36. The van der Waals surface area contributed by atoms with E-state index in [9.17, 15) is 0 Å². The maximum Gasteiger partial charge on any atom is 0.207 e. The lowest BCUT2D eigenvalue weighted by Crippen LogP contribution is -2.14. The van der Waals surface area contributed by atoms with E-state index < -0.39 is 0 Å². The van der Waals surface area contributed by atoms with Gasteiger partial charge in [0.1, 0.15) is 0 Å². The zero-order chi connectivity index (χ0) is 12.4. The Hall–Kier alpha value is -1.48. The number of nitrogens with one attached hydrogen (secondary N) is 1. The molecule has 1 aromatic heterocycles. The molecule has 90 valence electrons. The van der Waals surface area contributed by atoms with Crippen molar-refractivity contribution in [3.63, 3.8) is 0 Å². The van der Waals surface area contributed by atoms with E-state index >= 15 is 0 Å². The molecule has 0 aliphatic rings.